The van der Waals surface area contributed by atoms with Crippen LogP contribution in [-0.4, -0.2) is 11.6 Å². The van der Waals surface area contributed by atoms with Gasteiger partial charge < -0.3 is 0 Å². The van der Waals surface area contributed by atoms with Crippen molar-refractivity contribution in [2.75, 3.05) is 0 Å². The molecule has 0 aliphatic heterocycles. The Balaban J connectivity index is 2.55. The van der Waals surface area contributed by atoms with Crippen molar-refractivity contribution in [3.05, 3.63) is 47.0 Å². The quantitative estimate of drug-likeness (QED) is 0.690. The molecule has 2 rings (SSSR count). The van der Waals surface area contributed by atoms with Crippen LogP contribution in [0.4, 0.5) is 0 Å². The third kappa shape index (κ3) is 1.46. The lowest BCUT2D eigenvalue weighted by atomic mass is 9.88. The van der Waals surface area contributed by atoms with Crippen molar-refractivity contribution in [3.63, 3.8) is 0 Å². The minimum Gasteiger partial charge on any atom is -0.289 e. The predicted molar refractivity (Wildman–Crippen MR) is 53.4 cm³/mol. The Morgan fingerprint density at radius 2 is 1.80 bits per heavy atom. The van der Waals surface area contributed by atoms with E-state index in [9.17, 15) is 9.59 Å². The molecule has 0 amide bonds. The van der Waals surface area contributed by atoms with Gasteiger partial charge in [-0.25, -0.2) is 0 Å². The number of ketones is 2. The van der Waals surface area contributed by atoms with E-state index in [0.29, 0.717) is 11.1 Å². The summed E-state index contributed by atoms with van der Waals surface area (Å²) in [5.41, 5.74) is 1.10. The Labute approximate surface area is 86.6 Å². The van der Waals surface area contributed by atoms with Crippen LogP contribution in [0.1, 0.15) is 27.1 Å². The van der Waals surface area contributed by atoms with Crippen molar-refractivity contribution in [3.8, 4) is 6.07 Å². The minimum absolute atomic E-state index is 0.0150. The molecule has 0 N–H and O–H groups in total. The van der Waals surface area contributed by atoms with Crippen molar-refractivity contribution in [1.82, 2.24) is 0 Å². The van der Waals surface area contributed by atoms with E-state index < -0.39 is 0 Å². The zero-order chi connectivity index (χ0) is 10.8. The molecule has 0 aromatic heterocycles. The predicted octanol–water partition coefficient (Wildman–Crippen LogP) is 1.91. The molecule has 0 radical (unpaired) electrons. The molecular weight excluding hydrogens is 190 g/mol. The Kier molecular flexibility index (Phi) is 2.18. The first-order chi connectivity index (χ1) is 7.24. The van der Waals surface area contributed by atoms with Crippen LogP contribution < -0.4 is 0 Å². The van der Waals surface area contributed by atoms with Crippen LogP contribution in [-0.2, 0) is 0 Å². The Bertz CT molecular complexity index is 521. The van der Waals surface area contributed by atoms with Crippen LogP contribution in [0.5, 0.6) is 0 Å². The van der Waals surface area contributed by atoms with Crippen molar-refractivity contribution in [1.29, 1.82) is 5.26 Å². The molecule has 0 fully saturated rings. The second-order valence-corrected chi connectivity index (χ2v) is 3.24. The molecule has 72 valence electrons. The maximum Gasteiger partial charge on any atom is 0.190 e. The highest BCUT2D eigenvalue weighted by Gasteiger charge is 2.24. The SMILES string of the molecule is N#CCC1=CC(=O)c2ccccc2C1=O. The smallest absolute Gasteiger partial charge is 0.190 e. The third-order valence-electron chi connectivity index (χ3n) is 2.30. The van der Waals surface area contributed by atoms with Gasteiger partial charge in [-0.1, -0.05) is 24.3 Å². The summed E-state index contributed by atoms with van der Waals surface area (Å²) < 4.78 is 0. The zero-order valence-corrected chi connectivity index (χ0v) is 7.86. The lowest BCUT2D eigenvalue weighted by molar-refractivity contribution is 0.0983. The van der Waals surface area contributed by atoms with E-state index in [1.54, 1.807) is 24.3 Å². The van der Waals surface area contributed by atoms with Crippen LogP contribution in [0.25, 0.3) is 0 Å². The van der Waals surface area contributed by atoms with E-state index in [0.717, 1.165) is 0 Å². The molecular formula is C12H7NO2. The summed E-state index contributed by atoms with van der Waals surface area (Å²) in [5, 5.41) is 8.52. The van der Waals surface area contributed by atoms with Crippen molar-refractivity contribution in [2.45, 2.75) is 6.42 Å². The van der Waals surface area contributed by atoms with Crippen molar-refractivity contribution in [2.24, 2.45) is 0 Å². The summed E-state index contributed by atoms with van der Waals surface area (Å²) >= 11 is 0. The van der Waals surface area contributed by atoms with Gasteiger partial charge in [0.2, 0.25) is 0 Å². The Morgan fingerprint density at radius 3 is 2.47 bits per heavy atom. The minimum atomic E-state index is -0.216. The van der Waals surface area contributed by atoms with Crippen LogP contribution in [0.2, 0.25) is 0 Å². The number of Topliss-reactive ketones (excluding diaryl/α,β-unsaturated/α-hetero) is 1. The number of carbonyl (C=O) groups excluding carboxylic acids is 2. The van der Waals surface area contributed by atoms with Crippen LogP contribution >= 0.6 is 0 Å². The number of rotatable bonds is 1. The van der Waals surface area contributed by atoms with E-state index in [-0.39, 0.29) is 23.6 Å². The van der Waals surface area contributed by atoms with Crippen LogP contribution in [0.15, 0.2) is 35.9 Å². The number of carbonyl (C=O) groups is 2. The topological polar surface area (TPSA) is 57.9 Å². The number of hydrogen-bond donors (Lipinski definition) is 0. The highest BCUT2D eigenvalue weighted by atomic mass is 16.1. The van der Waals surface area contributed by atoms with Gasteiger partial charge in [0.15, 0.2) is 11.6 Å². The summed E-state index contributed by atoms with van der Waals surface area (Å²) in [6.45, 7) is 0. The highest BCUT2D eigenvalue weighted by Crippen LogP contribution is 2.22. The summed E-state index contributed by atoms with van der Waals surface area (Å²) in [7, 11) is 0. The van der Waals surface area contributed by atoms with Gasteiger partial charge in [0, 0.05) is 16.7 Å². The largest absolute Gasteiger partial charge is 0.289 e. The molecule has 1 aromatic rings. The van der Waals surface area contributed by atoms with Gasteiger partial charge in [0.1, 0.15) is 0 Å². The molecule has 0 saturated carbocycles. The van der Waals surface area contributed by atoms with Gasteiger partial charge >= 0.3 is 0 Å². The first-order valence-electron chi connectivity index (χ1n) is 4.49. The van der Waals surface area contributed by atoms with Gasteiger partial charge in [0.05, 0.1) is 12.5 Å². The number of allylic oxidation sites excluding steroid dienone is 2. The number of fused-ring (bicyclic) bond motifs is 1. The number of hydrogen-bond acceptors (Lipinski definition) is 3. The number of nitriles is 1. The van der Waals surface area contributed by atoms with Crippen molar-refractivity contribution >= 4 is 11.6 Å². The molecule has 1 aliphatic carbocycles. The molecule has 0 unspecified atom stereocenters. The van der Waals surface area contributed by atoms with E-state index in [1.807, 2.05) is 6.07 Å². The second kappa shape index (κ2) is 3.50. The number of benzene rings is 1. The zero-order valence-electron chi connectivity index (χ0n) is 7.86. The van der Waals surface area contributed by atoms with Gasteiger partial charge in [-0.2, -0.15) is 5.26 Å². The average Bonchev–Trinajstić information content (AvgIpc) is 2.26. The van der Waals surface area contributed by atoms with Gasteiger partial charge in [-0.05, 0) is 6.08 Å². The summed E-state index contributed by atoms with van der Waals surface area (Å²) in [4.78, 5) is 23.4. The molecule has 1 aromatic carbocycles. The van der Waals surface area contributed by atoms with Crippen LogP contribution in [0.3, 0.4) is 0 Å². The monoisotopic (exact) mass is 197 g/mol. The molecule has 1 aliphatic rings. The standard InChI is InChI=1S/C12H7NO2/c13-6-5-8-7-11(14)9-3-1-2-4-10(9)12(8)15/h1-4,7H,5H2. The van der Waals surface area contributed by atoms with Gasteiger partial charge in [-0.3, -0.25) is 9.59 Å². The van der Waals surface area contributed by atoms with Gasteiger partial charge in [0.25, 0.3) is 0 Å². The lowest BCUT2D eigenvalue weighted by Gasteiger charge is -2.12. The lowest BCUT2D eigenvalue weighted by Crippen LogP contribution is -2.16. The van der Waals surface area contributed by atoms with Crippen LogP contribution in [0, 0.1) is 11.3 Å². The summed E-state index contributed by atoms with van der Waals surface area (Å²) in [6, 6.07) is 8.53. The molecule has 0 saturated heterocycles. The fourth-order valence-electron chi connectivity index (χ4n) is 1.59. The highest BCUT2D eigenvalue weighted by molar-refractivity contribution is 6.24. The molecule has 0 bridgehead atoms. The fraction of sp³-hybridized carbons (Fsp3) is 0.0833. The van der Waals surface area contributed by atoms with E-state index in [1.165, 1.54) is 6.08 Å². The molecule has 0 spiro atoms. The Hall–Kier alpha value is -2.21. The first-order valence-corrected chi connectivity index (χ1v) is 4.49. The normalized spacial score (nSPS) is 14.2. The number of nitrogens with zero attached hydrogens (tertiary/aromatic N) is 1. The summed E-state index contributed by atoms with van der Waals surface area (Å²) in [6.07, 6.45) is 1.24. The molecule has 0 atom stereocenters. The molecule has 3 nitrogen and oxygen atoms in total. The third-order valence-corrected chi connectivity index (χ3v) is 2.30. The van der Waals surface area contributed by atoms with E-state index in [4.69, 9.17) is 5.26 Å². The maximum atomic E-state index is 11.8. The van der Waals surface area contributed by atoms with Gasteiger partial charge in [-0.15, -0.1) is 0 Å². The first kappa shape index (κ1) is 9.35. The van der Waals surface area contributed by atoms with E-state index >= 15 is 0 Å². The maximum absolute atomic E-state index is 11.8. The molecule has 0 heterocycles. The average molecular weight is 197 g/mol. The summed E-state index contributed by atoms with van der Waals surface area (Å²) in [5.74, 6) is -0.415. The molecule has 3 heteroatoms. The Morgan fingerprint density at radius 1 is 1.13 bits per heavy atom. The van der Waals surface area contributed by atoms with E-state index in [2.05, 4.69) is 0 Å². The fourth-order valence-corrected chi connectivity index (χ4v) is 1.59. The second-order valence-electron chi connectivity index (χ2n) is 3.24. The van der Waals surface area contributed by atoms with Crippen molar-refractivity contribution < 1.29 is 9.59 Å². The molecule has 15 heavy (non-hydrogen) atoms.